The summed E-state index contributed by atoms with van der Waals surface area (Å²) < 4.78 is 19.0. The van der Waals surface area contributed by atoms with Gasteiger partial charge < -0.3 is 14.5 Å². The first kappa shape index (κ1) is 18.4. The van der Waals surface area contributed by atoms with Crippen LogP contribution in [0.2, 0.25) is 0 Å². The number of hydrogen-bond donors (Lipinski definition) is 0. The highest BCUT2D eigenvalue weighted by atomic mass is 19.1. The number of amides is 2. The highest BCUT2D eigenvalue weighted by Crippen LogP contribution is 2.29. The molecule has 140 valence electrons. The monoisotopic (exact) mass is 362 g/mol. The van der Waals surface area contributed by atoms with Crippen molar-refractivity contribution >= 4 is 23.5 Å². The fourth-order valence-corrected chi connectivity index (χ4v) is 3.66. The number of halogens is 1. The van der Waals surface area contributed by atoms with E-state index in [0.29, 0.717) is 26.1 Å². The molecule has 2 aliphatic rings. The van der Waals surface area contributed by atoms with Crippen molar-refractivity contribution in [3.8, 4) is 0 Å². The Hall–Kier alpha value is -2.44. The summed E-state index contributed by atoms with van der Waals surface area (Å²) in [6, 6.07) is 6.06. The molecule has 0 spiro atoms. The van der Waals surface area contributed by atoms with Crippen LogP contribution in [0.4, 0.5) is 10.1 Å². The van der Waals surface area contributed by atoms with Gasteiger partial charge in [-0.3, -0.25) is 14.4 Å². The van der Waals surface area contributed by atoms with Crippen molar-refractivity contribution in [2.75, 3.05) is 31.1 Å². The van der Waals surface area contributed by atoms with E-state index in [0.717, 1.165) is 6.42 Å². The Morgan fingerprint density at radius 3 is 2.73 bits per heavy atom. The van der Waals surface area contributed by atoms with Gasteiger partial charge in [-0.1, -0.05) is 12.1 Å². The molecule has 0 radical (unpaired) electrons. The molecule has 1 aromatic carbocycles. The summed E-state index contributed by atoms with van der Waals surface area (Å²) in [6.07, 6.45) is 1.49. The smallest absolute Gasteiger partial charge is 0.310 e. The van der Waals surface area contributed by atoms with Crippen molar-refractivity contribution in [3.05, 3.63) is 30.1 Å². The van der Waals surface area contributed by atoms with Gasteiger partial charge in [0.05, 0.1) is 24.1 Å². The van der Waals surface area contributed by atoms with Crippen molar-refractivity contribution in [2.45, 2.75) is 26.2 Å². The predicted molar refractivity (Wildman–Crippen MR) is 92.8 cm³/mol. The lowest BCUT2D eigenvalue weighted by atomic mass is 9.96. The number of benzene rings is 1. The molecule has 2 saturated heterocycles. The van der Waals surface area contributed by atoms with Gasteiger partial charge in [0.1, 0.15) is 5.82 Å². The maximum atomic E-state index is 14.0. The van der Waals surface area contributed by atoms with Gasteiger partial charge in [0.15, 0.2) is 0 Å². The fourth-order valence-electron chi connectivity index (χ4n) is 3.66. The van der Waals surface area contributed by atoms with Gasteiger partial charge in [-0.05, 0) is 31.9 Å². The number of carbonyl (C=O) groups is 3. The molecule has 3 rings (SSSR count). The largest absolute Gasteiger partial charge is 0.466 e. The molecule has 2 heterocycles. The third-order valence-corrected chi connectivity index (χ3v) is 4.97. The summed E-state index contributed by atoms with van der Waals surface area (Å²) >= 11 is 0. The molecule has 0 saturated carbocycles. The number of carbonyl (C=O) groups excluding carboxylic acids is 3. The van der Waals surface area contributed by atoms with Crippen molar-refractivity contribution in [3.63, 3.8) is 0 Å². The molecule has 0 N–H and O–H groups in total. The molecule has 7 heteroatoms. The van der Waals surface area contributed by atoms with E-state index in [4.69, 9.17) is 4.74 Å². The number of ether oxygens (including phenoxy) is 1. The summed E-state index contributed by atoms with van der Waals surface area (Å²) in [5, 5.41) is 0. The number of esters is 1. The molecule has 0 bridgehead atoms. The van der Waals surface area contributed by atoms with E-state index < -0.39 is 11.7 Å². The maximum Gasteiger partial charge on any atom is 0.310 e. The summed E-state index contributed by atoms with van der Waals surface area (Å²) in [6.45, 7) is 3.13. The van der Waals surface area contributed by atoms with E-state index in [-0.39, 0.29) is 42.4 Å². The van der Waals surface area contributed by atoms with Crippen LogP contribution < -0.4 is 4.90 Å². The molecule has 2 amide bonds. The van der Waals surface area contributed by atoms with E-state index in [2.05, 4.69) is 0 Å². The number of piperidine rings is 1. The number of para-hydroxylation sites is 1. The zero-order valence-electron chi connectivity index (χ0n) is 14.8. The minimum absolute atomic E-state index is 0.0632. The van der Waals surface area contributed by atoms with E-state index in [9.17, 15) is 18.8 Å². The molecule has 0 aliphatic carbocycles. The molecule has 2 aliphatic heterocycles. The first-order valence-corrected chi connectivity index (χ1v) is 9.01. The van der Waals surface area contributed by atoms with Crippen LogP contribution in [0.15, 0.2) is 24.3 Å². The predicted octanol–water partition coefficient (Wildman–Crippen LogP) is 1.98. The molecule has 26 heavy (non-hydrogen) atoms. The quantitative estimate of drug-likeness (QED) is 0.768. The minimum atomic E-state index is -0.511. The Morgan fingerprint density at radius 2 is 2.00 bits per heavy atom. The van der Waals surface area contributed by atoms with E-state index >= 15 is 0 Å². The lowest BCUT2D eigenvalue weighted by molar-refractivity contribution is -0.152. The second-order valence-corrected chi connectivity index (χ2v) is 6.73. The minimum Gasteiger partial charge on any atom is -0.466 e. The van der Waals surface area contributed by atoms with Crippen molar-refractivity contribution in [1.82, 2.24) is 4.90 Å². The Morgan fingerprint density at radius 1 is 1.23 bits per heavy atom. The number of likely N-dealkylation sites (tertiary alicyclic amines) is 1. The van der Waals surface area contributed by atoms with E-state index in [1.807, 2.05) is 0 Å². The first-order chi connectivity index (χ1) is 12.5. The first-order valence-electron chi connectivity index (χ1n) is 9.01. The number of hydrogen-bond acceptors (Lipinski definition) is 4. The average molecular weight is 362 g/mol. The molecule has 2 fully saturated rings. The Bertz CT molecular complexity index is 709. The van der Waals surface area contributed by atoms with Gasteiger partial charge in [-0.25, -0.2) is 4.39 Å². The van der Waals surface area contributed by atoms with Crippen LogP contribution in [0.25, 0.3) is 0 Å². The number of rotatable bonds is 4. The van der Waals surface area contributed by atoms with E-state index in [1.165, 1.54) is 17.0 Å². The third-order valence-electron chi connectivity index (χ3n) is 4.97. The van der Waals surface area contributed by atoms with Crippen LogP contribution in [0.5, 0.6) is 0 Å². The third kappa shape index (κ3) is 3.71. The second-order valence-electron chi connectivity index (χ2n) is 6.73. The van der Waals surface area contributed by atoms with Gasteiger partial charge in [0, 0.05) is 26.1 Å². The van der Waals surface area contributed by atoms with Crippen LogP contribution >= 0.6 is 0 Å². The molecular weight excluding hydrogens is 339 g/mol. The Labute approximate surface area is 151 Å². The topological polar surface area (TPSA) is 66.9 Å². The average Bonchev–Trinajstić information content (AvgIpc) is 3.03. The van der Waals surface area contributed by atoms with Gasteiger partial charge in [-0.2, -0.15) is 0 Å². The van der Waals surface area contributed by atoms with Gasteiger partial charge >= 0.3 is 5.97 Å². The molecule has 0 aromatic heterocycles. The Kier molecular flexibility index (Phi) is 5.54. The summed E-state index contributed by atoms with van der Waals surface area (Å²) in [7, 11) is 0. The normalized spacial score (nSPS) is 23.2. The Balaban J connectivity index is 1.66. The molecule has 0 unspecified atom stereocenters. The van der Waals surface area contributed by atoms with Gasteiger partial charge in [-0.15, -0.1) is 0 Å². The summed E-state index contributed by atoms with van der Waals surface area (Å²) in [5.74, 6) is -1.98. The summed E-state index contributed by atoms with van der Waals surface area (Å²) in [4.78, 5) is 40.1. The second kappa shape index (κ2) is 7.85. The molecule has 2 atom stereocenters. The van der Waals surface area contributed by atoms with Crippen LogP contribution in [0.1, 0.15) is 26.2 Å². The van der Waals surface area contributed by atoms with E-state index in [1.54, 1.807) is 24.0 Å². The van der Waals surface area contributed by atoms with Crippen molar-refractivity contribution in [1.29, 1.82) is 0 Å². The van der Waals surface area contributed by atoms with Crippen LogP contribution in [-0.4, -0.2) is 48.9 Å². The van der Waals surface area contributed by atoms with Gasteiger partial charge in [0.25, 0.3) is 0 Å². The SMILES string of the molecule is CCOC(=O)[C@H]1CCCN(C(=O)[C@@H]2CC(=O)N(c3ccccc3F)C2)C1. The zero-order valence-corrected chi connectivity index (χ0v) is 14.8. The van der Waals surface area contributed by atoms with Crippen LogP contribution in [0.3, 0.4) is 0 Å². The summed E-state index contributed by atoms with van der Waals surface area (Å²) in [5.41, 5.74) is 0.204. The number of anilines is 1. The van der Waals surface area contributed by atoms with Crippen LogP contribution in [0, 0.1) is 17.7 Å². The molecule has 1 aromatic rings. The standard InChI is InChI=1S/C19H23FN2O4/c1-2-26-19(25)13-6-5-9-21(11-13)18(24)14-10-17(23)22(12-14)16-8-4-3-7-15(16)20/h3-4,7-8,13-14H,2,5-6,9-12H2,1H3/t13-,14+/m0/s1. The van der Waals surface area contributed by atoms with Crippen LogP contribution in [-0.2, 0) is 19.1 Å². The van der Waals surface area contributed by atoms with Gasteiger partial charge in [0.2, 0.25) is 11.8 Å². The highest BCUT2D eigenvalue weighted by Gasteiger charge is 2.39. The molecular formula is C19H23FN2O4. The van der Waals surface area contributed by atoms with Crippen molar-refractivity contribution in [2.24, 2.45) is 11.8 Å². The maximum absolute atomic E-state index is 14.0. The lowest BCUT2D eigenvalue weighted by Crippen LogP contribution is -2.45. The fraction of sp³-hybridized carbons (Fsp3) is 0.526. The molecule has 6 nitrogen and oxygen atoms in total. The lowest BCUT2D eigenvalue weighted by Gasteiger charge is -2.33. The van der Waals surface area contributed by atoms with Crippen molar-refractivity contribution < 1.29 is 23.5 Å². The number of nitrogens with zero attached hydrogens (tertiary/aromatic N) is 2. The highest BCUT2D eigenvalue weighted by molar-refractivity contribution is 6.00. The zero-order chi connectivity index (χ0) is 18.7.